The molecule has 1 N–H and O–H groups in total. The van der Waals surface area contributed by atoms with Crippen molar-refractivity contribution in [2.24, 2.45) is 0 Å². The lowest BCUT2D eigenvalue weighted by Crippen LogP contribution is -2.15. The van der Waals surface area contributed by atoms with E-state index in [1.165, 1.54) is 0 Å². The fraction of sp³-hybridized carbons (Fsp3) is 0.0952. The van der Waals surface area contributed by atoms with E-state index in [0.717, 1.165) is 16.6 Å². The van der Waals surface area contributed by atoms with Crippen LogP contribution in [0, 0.1) is 0 Å². The molecule has 0 atom stereocenters. The molecule has 0 unspecified atom stereocenters. The third kappa shape index (κ3) is 2.94. The first-order valence-electron chi connectivity index (χ1n) is 8.15. The van der Waals surface area contributed by atoms with Crippen LogP contribution in [-0.2, 0) is 6.54 Å². The monoisotopic (exact) mass is 331 g/mol. The van der Waals surface area contributed by atoms with Gasteiger partial charge in [-0.3, -0.25) is 4.79 Å². The van der Waals surface area contributed by atoms with Crippen LogP contribution in [-0.4, -0.2) is 16.3 Å². The smallest absolute Gasteiger partial charge is 0.187 e. The molecule has 0 bridgehead atoms. The quantitative estimate of drug-likeness (QED) is 0.577. The summed E-state index contributed by atoms with van der Waals surface area (Å²) < 4.78 is 7.90. The van der Waals surface area contributed by atoms with E-state index < -0.39 is 0 Å². The number of para-hydroxylation sites is 1. The van der Waals surface area contributed by atoms with E-state index in [1.807, 2.05) is 36.4 Å². The Morgan fingerprint density at radius 2 is 1.72 bits per heavy atom. The van der Waals surface area contributed by atoms with Gasteiger partial charge < -0.3 is 14.4 Å². The van der Waals surface area contributed by atoms with Gasteiger partial charge in [-0.25, -0.2) is 0 Å². The predicted octanol–water partition coefficient (Wildman–Crippen LogP) is 3.89. The van der Waals surface area contributed by atoms with Gasteiger partial charge in [0, 0.05) is 11.1 Å². The highest BCUT2D eigenvalue weighted by Crippen LogP contribution is 2.26. The van der Waals surface area contributed by atoms with Crippen LogP contribution < -0.4 is 10.2 Å². The molecule has 0 saturated carbocycles. The number of phenols is 1. The lowest BCUT2D eigenvalue weighted by atomic mass is 10.0. The molecule has 124 valence electrons. The number of aromatic nitrogens is 1. The highest BCUT2D eigenvalue weighted by atomic mass is 16.5. The van der Waals surface area contributed by atoms with E-state index >= 15 is 0 Å². The molecule has 4 rings (SSSR count). The third-order valence-corrected chi connectivity index (χ3v) is 4.28. The summed E-state index contributed by atoms with van der Waals surface area (Å²) in [6.07, 6.45) is 0. The summed E-state index contributed by atoms with van der Waals surface area (Å²) in [7, 11) is 0. The fourth-order valence-electron chi connectivity index (χ4n) is 3.09. The Labute approximate surface area is 144 Å². The maximum absolute atomic E-state index is 12.2. The number of fused-ring (bicyclic) bond motifs is 2. The molecule has 0 amide bonds. The second-order valence-corrected chi connectivity index (χ2v) is 5.89. The van der Waals surface area contributed by atoms with Crippen molar-refractivity contribution >= 4 is 10.9 Å². The molecule has 2 aromatic carbocycles. The zero-order valence-electron chi connectivity index (χ0n) is 13.6. The summed E-state index contributed by atoms with van der Waals surface area (Å²) in [5, 5.41) is 10.4. The van der Waals surface area contributed by atoms with Crippen LogP contribution in [0.1, 0.15) is 0 Å². The van der Waals surface area contributed by atoms with Crippen LogP contribution in [0.5, 0.6) is 11.5 Å². The first kappa shape index (κ1) is 15.3. The average Bonchev–Trinajstić information content (AvgIpc) is 2.63. The van der Waals surface area contributed by atoms with Crippen molar-refractivity contribution in [3.8, 4) is 22.8 Å². The molecule has 25 heavy (non-hydrogen) atoms. The lowest BCUT2D eigenvalue weighted by molar-refractivity contribution is 0.300. The van der Waals surface area contributed by atoms with Crippen molar-refractivity contribution in [1.82, 2.24) is 4.57 Å². The molecule has 0 fully saturated rings. The van der Waals surface area contributed by atoms with Gasteiger partial charge in [0.15, 0.2) is 5.43 Å². The zero-order valence-corrected chi connectivity index (χ0v) is 13.6. The third-order valence-electron chi connectivity index (χ3n) is 4.28. The number of aromatic hydroxyl groups is 1. The Balaban J connectivity index is 1.70. The summed E-state index contributed by atoms with van der Waals surface area (Å²) in [5.41, 5.74) is 2.71. The normalized spacial score (nSPS) is 11.0. The first-order valence-corrected chi connectivity index (χ1v) is 8.15. The highest BCUT2D eigenvalue weighted by molar-refractivity contribution is 5.86. The van der Waals surface area contributed by atoms with Gasteiger partial charge >= 0.3 is 0 Å². The minimum Gasteiger partial charge on any atom is -0.508 e. The van der Waals surface area contributed by atoms with Gasteiger partial charge in [-0.2, -0.15) is 0 Å². The molecule has 0 radical (unpaired) electrons. The Kier molecular flexibility index (Phi) is 3.86. The van der Waals surface area contributed by atoms with Crippen LogP contribution in [0.4, 0.5) is 0 Å². The SMILES string of the molecule is O=c1cccc2n(CCOc3ccc(O)cc3)c3ccccc3cc1-2. The second kappa shape index (κ2) is 6.32. The molecule has 2 aliphatic rings. The maximum atomic E-state index is 12.2. The van der Waals surface area contributed by atoms with Gasteiger partial charge in [0.05, 0.1) is 12.2 Å². The molecule has 4 nitrogen and oxygen atoms in total. The van der Waals surface area contributed by atoms with Gasteiger partial charge in [-0.05, 0) is 53.9 Å². The maximum Gasteiger partial charge on any atom is 0.187 e. The standard InChI is InChI=1S/C21H17NO3/c23-16-8-10-17(11-9-16)25-13-12-22-19-5-2-1-4-15(19)14-18-20(22)6-3-7-21(18)24/h1-11,14,23H,12-13H2. The number of hydrogen-bond acceptors (Lipinski definition) is 3. The number of benzene rings is 3. The van der Waals surface area contributed by atoms with Gasteiger partial charge in [0.2, 0.25) is 0 Å². The van der Waals surface area contributed by atoms with E-state index in [-0.39, 0.29) is 11.2 Å². The summed E-state index contributed by atoms with van der Waals surface area (Å²) in [6, 6.07) is 22.0. The Bertz CT molecular complexity index is 1050. The van der Waals surface area contributed by atoms with Gasteiger partial charge in [0.1, 0.15) is 18.1 Å². The molecule has 0 saturated heterocycles. The van der Waals surface area contributed by atoms with Crippen LogP contribution in [0.2, 0.25) is 0 Å². The Hall–Kier alpha value is -3.27. The second-order valence-electron chi connectivity index (χ2n) is 5.89. The molecule has 2 aromatic rings. The molecule has 0 spiro atoms. The number of rotatable bonds is 4. The summed E-state index contributed by atoms with van der Waals surface area (Å²) in [5.74, 6) is 0.914. The molecule has 0 aromatic heterocycles. The van der Waals surface area contributed by atoms with Gasteiger partial charge in [0.25, 0.3) is 0 Å². The van der Waals surface area contributed by atoms with E-state index in [9.17, 15) is 9.90 Å². The molecular weight excluding hydrogens is 314 g/mol. The summed E-state index contributed by atoms with van der Waals surface area (Å²) in [4.78, 5) is 12.2. The topological polar surface area (TPSA) is 51.5 Å². The van der Waals surface area contributed by atoms with Crippen molar-refractivity contribution in [2.75, 3.05) is 6.61 Å². The largest absolute Gasteiger partial charge is 0.508 e. The molecule has 1 aliphatic heterocycles. The number of nitrogens with zero attached hydrogens (tertiary/aromatic N) is 1. The average molecular weight is 331 g/mol. The van der Waals surface area contributed by atoms with Crippen LogP contribution in [0.15, 0.2) is 77.6 Å². The van der Waals surface area contributed by atoms with E-state index in [0.29, 0.717) is 24.5 Å². The van der Waals surface area contributed by atoms with E-state index in [4.69, 9.17) is 4.74 Å². The first-order chi connectivity index (χ1) is 12.2. The number of pyridine rings is 1. The van der Waals surface area contributed by atoms with Crippen LogP contribution in [0.3, 0.4) is 0 Å². The summed E-state index contributed by atoms with van der Waals surface area (Å²) in [6.45, 7) is 1.07. The Morgan fingerprint density at radius 1 is 0.920 bits per heavy atom. The van der Waals surface area contributed by atoms with Crippen molar-refractivity contribution in [1.29, 1.82) is 0 Å². The van der Waals surface area contributed by atoms with Crippen molar-refractivity contribution in [3.05, 3.63) is 83.0 Å². The minimum absolute atomic E-state index is 0.0245. The van der Waals surface area contributed by atoms with Crippen molar-refractivity contribution in [3.63, 3.8) is 0 Å². The Morgan fingerprint density at radius 3 is 2.56 bits per heavy atom. The number of ether oxygens (including phenoxy) is 1. The molecular formula is C21H17NO3. The van der Waals surface area contributed by atoms with E-state index in [2.05, 4.69) is 4.57 Å². The number of hydrogen-bond donors (Lipinski definition) is 1. The van der Waals surface area contributed by atoms with Gasteiger partial charge in [-0.15, -0.1) is 0 Å². The van der Waals surface area contributed by atoms with Crippen LogP contribution >= 0.6 is 0 Å². The predicted molar refractivity (Wildman–Crippen MR) is 98.4 cm³/mol. The van der Waals surface area contributed by atoms with Gasteiger partial charge in [-0.1, -0.05) is 24.3 Å². The summed E-state index contributed by atoms with van der Waals surface area (Å²) >= 11 is 0. The lowest BCUT2D eigenvalue weighted by Gasteiger charge is -2.19. The minimum atomic E-state index is 0.0245. The molecule has 1 heterocycles. The fourth-order valence-corrected chi connectivity index (χ4v) is 3.09. The zero-order chi connectivity index (χ0) is 17.2. The highest BCUT2D eigenvalue weighted by Gasteiger charge is 2.13. The molecule has 1 aliphatic carbocycles. The number of phenolic OH excluding ortho intramolecular Hbond substituents is 1. The molecule has 4 heteroatoms. The van der Waals surface area contributed by atoms with E-state index in [1.54, 1.807) is 36.4 Å². The van der Waals surface area contributed by atoms with Crippen molar-refractivity contribution in [2.45, 2.75) is 6.54 Å². The van der Waals surface area contributed by atoms with Crippen LogP contribution in [0.25, 0.3) is 22.2 Å². The van der Waals surface area contributed by atoms with Crippen molar-refractivity contribution < 1.29 is 9.84 Å².